The number of hydrogen-bond acceptors (Lipinski definition) is 6. The maximum atomic E-state index is 11.6. The van der Waals surface area contributed by atoms with Crippen LogP contribution in [0.15, 0.2) is 24.3 Å². The molecule has 1 heterocycles. The molecule has 0 aliphatic heterocycles. The SMILES string of the molecule is O=C(O)Cc1nnc(NC(=O)COc2ccc(Cl)cc2)s1. The minimum absolute atomic E-state index is 0.199. The van der Waals surface area contributed by atoms with E-state index in [0.29, 0.717) is 15.8 Å². The van der Waals surface area contributed by atoms with Crippen LogP contribution in [-0.2, 0) is 16.0 Å². The molecule has 0 spiro atoms. The summed E-state index contributed by atoms with van der Waals surface area (Å²) in [6.07, 6.45) is -0.227. The number of aliphatic carboxylic acids is 1. The quantitative estimate of drug-likeness (QED) is 0.839. The molecule has 1 aromatic heterocycles. The molecular formula is C12H10ClN3O4S. The molecular weight excluding hydrogens is 318 g/mol. The van der Waals surface area contributed by atoms with Gasteiger partial charge in [-0.3, -0.25) is 14.9 Å². The molecule has 0 fully saturated rings. The van der Waals surface area contributed by atoms with E-state index in [2.05, 4.69) is 15.5 Å². The number of nitrogens with one attached hydrogen (secondary N) is 1. The molecule has 2 aromatic rings. The third-order valence-electron chi connectivity index (χ3n) is 2.20. The molecule has 0 aliphatic rings. The lowest BCUT2D eigenvalue weighted by Gasteiger charge is -2.05. The van der Waals surface area contributed by atoms with Gasteiger partial charge in [0, 0.05) is 5.02 Å². The van der Waals surface area contributed by atoms with E-state index in [9.17, 15) is 9.59 Å². The van der Waals surface area contributed by atoms with Crippen LogP contribution in [0, 0.1) is 0 Å². The average Bonchev–Trinajstić information content (AvgIpc) is 2.84. The number of nitrogens with zero attached hydrogens (tertiary/aromatic N) is 2. The Balaban J connectivity index is 1.82. The van der Waals surface area contributed by atoms with Gasteiger partial charge in [-0.1, -0.05) is 22.9 Å². The number of carbonyl (C=O) groups is 2. The van der Waals surface area contributed by atoms with Crippen LogP contribution < -0.4 is 10.1 Å². The highest BCUT2D eigenvalue weighted by Crippen LogP contribution is 2.17. The lowest BCUT2D eigenvalue weighted by molar-refractivity contribution is -0.136. The lowest BCUT2D eigenvalue weighted by atomic mass is 10.3. The number of aromatic nitrogens is 2. The first-order chi connectivity index (χ1) is 10.0. The smallest absolute Gasteiger partial charge is 0.310 e. The van der Waals surface area contributed by atoms with Crippen molar-refractivity contribution in [3.8, 4) is 5.75 Å². The average molecular weight is 328 g/mol. The maximum Gasteiger partial charge on any atom is 0.310 e. The summed E-state index contributed by atoms with van der Waals surface area (Å²) >= 11 is 6.73. The van der Waals surface area contributed by atoms with Crippen molar-refractivity contribution in [2.24, 2.45) is 0 Å². The number of carbonyl (C=O) groups excluding carboxylic acids is 1. The Morgan fingerprint density at radius 1 is 1.29 bits per heavy atom. The summed E-state index contributed by atoms with van der Waals surface area (Å²) < 4.78 is 5.26. The van der Waals surface area contributed by atoms with Crippen LogP contribution in [-0.4, -0.2) is 33.8 Å². The number of ether oxygens (including phenoxy) is 1. The zero-order valence-electron chi connectivity index (χ0n) is 10.6. The first-order valence-corrected chi connectivity index (χ1v) is 6.95. The molecule has 2 N–H and O–H groups in total. The Kier molecular flexibility index (Phi) is 5.07. The molecule has 1 amide bonds. The molecule has 7 nitrogen and oxygen atoms in total. The van der Waals surface area contributed by atoms with Gasteiger partial charge in [0.15, 0.2) is 6.61 Å². The molecule has 0 radical (unpaired) electrons. The number of benzene rings is 1. The number of carboxylic acid groups (broad SMARTS) is 1. The molecule has 0 atom stereocenters. The van der Waals surface area contributed by atoms with Crippen LogP contribution >= 0.6 is 22.9 Å². The standard InChI is InChI=1S/C12H10ClN3O4S/c13-7-1-3-8(4-2-7)20-6-9(17)14-12-16-15-10(21-12)5-11(18)19/h1-4H,5-6H2,(H,18,19)(H,14,16,17). The highest BCUT2D eigenvalue weighted by Gasteiger charge is 2.11. The lowest BCUT2D eigenvalue weighted by Crippen LogP contribution is -2.20. The summed E-state index contributed by atoms with van der Waals surface area (Å²) in [5.74, 6) is -0.906. The van der Waals surface area contributed by atoms with Crippen molar-refractivity contribution in [2.75, 3.05) is 11.9 Å². The molecule has 0 bridgehead atoms. The van der Waals surface area contributed by atoms with E-state index in [1.807, 2.05) is 0 Å². The normalized spacial score (nSPS) is 10.1. The fourth-order valence-electron chi connectivity index (χ4n) is 1.34. The molecule has 1 aromatic carbocycles. The Bertz CT molecular complexity index is 644. The van der Waals surface area contributed by atoms with Gasteiger partial charge >= 0.3 is 5.97 Å². The van der Waals surface area contributed by atoms with Gasteiger partial charge < -0.3 is 9.84 Å². The molecule has 110 valence electrons. The Labute approximate surface area is 128 Å². The van der Waals surface area contributed by atoms with Gasteiger partial charge in [0.2, 0.25) is 5.13 Å². The van der Waals surface area contributed by atoms with Crippen LogP contribution in [0.5, 0.6) is 5.75 Å². The van der Waals surface area contributed by atoms with Gasteiger partial charge in [-0.05, 0) is 24.3 Å². The van der Waals surface area contributed by atoms with Crippen molar-refractivity contribution in [3.05, 3.63) is 34.3 Å². The van der Waals surface area contributed by atoms with Crippen molar-refractivity contribution in [1.29, 1.82) is 0 Å². The number of carboxylic acids is 1. The highest BCUT2D eigenvalue weighted by atomic mass is 35.5. The summed E-state index contributed by atoms with van der Waals surface area (Å²) in [6.45, 7) is -0.199. The summed E-state index contributed by atoms with van der Waals surface area (Å²) in [5.41, 5.74) is 0. The van der Waals surface area contributed by atoms with Crippen molar-refractivity contribution in [1.82, 2.24) is 10.2 Å². The summed E-state index contributed by atoms with van der Waals surface area (Å²) in [4.78, 5) is 22.2. The third kappa shape index (κ3) is 5.01. The topological polar surface area (TPSA) is 101 Å². The number of anilines is 1. The Hall–Kier alpha value is -2.19. The van der Waals surface area contributed by atoms with Crippen molar-refractivity contribution in [2.45, 2.75) is 6.42 Å². The fraction of sp³-hybridized carbons (Fsp3) is 0.167. The van der Waals surface area contributed by atoms with Gasteiger partial charge in [0.1, 0.15) is 10.8 Å². The van der Waals surface area contributed by atoms with Gasteiger partial charge in [-0.25, -0.2) is 0 Å². The second kappa shape index (κ2) is 7.00. The van der Waals surface area contributed by atoms with E-state index in [4.69, 9.17) is 21.4 Å². The molecule has 2 rings (SSSR count). The zero-order valence-corrected chi connectivity index (χ0v) is 12.1. The fourth-order valence-corrected chi connectivity index (χ4v) is 2.21. The largest absolute Gasteiger partial charge is 0.484 e. The number of hydrogen-bond donors (Lipinski definition) is 2. The third-order valence-corrected chi connectivity index (χ3v) is 3.29. The molecule has 0 saturated heterocycles. The van der Waals surface area contributed by atoms with Crippen LogP contribution in [0.4, 0.5) is 5.13 Å². The molecule has 0 unspecified atom stereocenters. The highest BCUT2D eigenvalue weighted by molar-refractivity contribution is 7.15. The van der Waals surface area contributed by atoms with Crippen molar-refractivity contribution >= 4 is 39.9 Å². The maximum absolute atomic E-state index is 11.6. The first kappa shape index (κ1) is 15.2. The second-order valence-corrected chi connectivity index (χ2v) is 5.36. The molecule has 9 heteroatoms. The monoisotopic (exact) mass is 327 g/mol. The van der Waals surface area contributed by atoms with E-state index in [1.165, 1.54) is 0 Å². The number of halogens is 1. The van der Waals surface area contributed by atoms with Crippen molar-refractivity contribution < 1.29 is 19.4 Å². The van der Waals surface area contributed by atoms with Crippen LogP contribution in [0.2, 0.25) is 5.02 Å². The van der Waals surface area contributed by atoms with Gasteiger partial charge in [0.05, 0.1) is 6.42 Å². The van der Waals surface area contributed by atoms with Crippen LogP contribution in [0.3, 0.4) is 0 Å². The van der Waals surface area contributed by atoms with E-state index < -0.39 is 11.9 Å². The van der Waals surface area contributed by atoms with E-state index in [-0.39, 0.29) is 18.2 Å². The van der Waals surface area contributed by atoms with Gasteiger partial charge in [-0.2, -0.15) is 0 Å². The second-order valence-electron chi connectivity index (χ2n) is 3.86. The summed E-state index contributed by atoms with van der Waals surface area (Å²) in [6, 6.07) is 6.59. The van der Waals surface area contributed by atoms with E-state index in [1.54, 1.807) is 24.3 Å². The molecule has 0 aliphatic carbocycles. The van der Waals surface area contributed by atoms with E-state index >= 15 is 0 Å². The summed E-state index contributed by atoms with van der Waals surface area (Å²) in [7, 11) is 0. The number of rotatable bonds is 6. The van der Waals surface area contributed by atoms with Crippen LogP contribution in [0.25, 0.3) is 0 Å². The predicted octanol–water partition coefficient (Wildman–Crippen LogP) is 1.84. The van der Waals surface area contributed by atoms with Gasteiger partial charge in [-0.15, -0.1) is 10.2 Å². The minimum Gasteiger partial charge on any atom is -0.484 e. The van der Waals surface area contributed by atoms with Crippen molar-refractivity contribution in [3.63, 3.8) is 0 Å². The van der Waals surface area contributed by atoms with Crippen LogP contribution in [0.1, 0.15) is 5.01 Å². The predicted molar refractivity (Wildman–Crippen MR) is 76.8 cm³/mol. The summed E-state index contributed by atoms with van der Waals surface area (Å²) in [5, 5.41) is 19.5. The minimum atomic E-state index is -1.00. The van der Waals surface area contributed by atoms with E-state index in [0.717, 1.165) is 11.3 Å². The Morgan fingerprint density at radius 2 is 2.00 bits per heavy atom. The molecule has 21 heavy (non-hydrogen) atoms. The van der Waals surface area contributed by atoms with Gasteiger partial charge in [0.25, 0.3) is 5.91 Å². The zero-order chi connectivity index (χ0) is 15.2. The number of amides is 1. The Morgan fingerprint density at radius 3 is 2.67 bits per heavy atom. The molecule has 0 saturated carbocycles. The first-order valence-electron chi connectivity index (χ1n) is 5.75.